The van der Waals surface area contributed by atoms with E-state index in [-0.39, 0.29) is 5.56 Å². The lowest BCUT2D eigenvalue weighted by Crippen LogP contribution is -2.07. The molecule has 0 heterocycles. The number of hydrogen-bond acceptors (Lipinski definition) is 2. The Kier molecular flexibility index (Phi) is 2.90. The van der Waals surface area contributed by atoms with E-state index in [0.717, 1.165) is 6.07 Å². The van der Waals surface area contributed by atoms with Crippen molar-refractivity contribution >= 4 is 11.4 Å². The molecule has 0 aliphatic heterocycles. The van der Waals surface area contributed by atoms with E-state index in [1.165, 1.54) is 30.3 Å². The van der Waals surface area contributed by atoms with Gasteiger partial charge in [-0.25, -0.2) is 0 Å². The highest BCUT2D eigenvalue weighted by Crippen LogP contribution is 2.37. The Balaban J connectivity index is 2.64. The molecular formula is C13H11F3N2. The quantitative estimate of drug-likeness (QED) is 0.763. The number of anilines is 2. The van der Waals surface area contributed by atoms with Crippen LogP contribution in [0, 0.1) is 0 Å². The van der Waals surface area contributed by atoms with Gasteiger partial charge in [-0.05, 0) is 35.4 Å². The van der Waals surface area contributed by atoms with E-state index in [1.807, 2.05) is 0 Å². The Morgan fingerprint density at radius 3 is 1.94 bits per heavy atom. The van der Waals surface area contributed by atoms with Crippen molar-refractivity contribution in [3.8, 4) is 11.1 Å². The number of rotatable bonds is 1. The molecule has 2 nitrogen and oxygen atoms in total. The molecule has 0 aliphatic carbocycles. The molecule has 0 saturated carbocycles. The molecule has 0 aromatic heterocycles. The summed E-state index contributed by atoms with van der Waals surface area (Å²) in [6.07, 6.45) is -4.41. The molecule has 0 bridgehead atoms. The van der Waals surface area contributed by atoms with Gasteiger partial charge in [0.15, 0.2) is 0 Å². The summed E-state index contributed by atoms with van der Waals surface area (Å²) in [7, 11) is 0. The van der Waals surface area contributed by atoms with E-state index in [9.17, 15) is 13.2 Å². The number of hydrogen-bond donors (Lipinski definition) is 2. The zero-order valence-corrected chi connectivity index (χ0v) is 9.33. The van der Waals surface area contributed by atoms with Crippen molar-refractivity contribution in [1.29, 1.82) is 0 Å². The fourth-order valence-corrected chi connectivity index (χ4v) is 1.81. The van der Waals surface area contributed by atoms with E-state index < -0.39 is 11.7 Å². The molecule has 0 unspecified atom stereocenters. The van der Waals surface area contributed by atoms with Crippen LogP contribution >= 0.6 is 0 Å². The van der Waals surface area contributed by atoms with Crippen LogP contribution in [0.2, 0.25) is 0 Å². The summed E-state index contributed by atoms with van der Waals surface area (Å²) in [6, 6.07) is 9.78. The highest BCUT2D eigenvalue weighted by Gasteiger charge is 2.33. The van der Waals surface area contributed by atoms with Crippen molar-refractivity contribution in [1.82, 2.24) is 0 Å². The molecule has 0 fully saturated rings. The van der Waals surface area contributed by atoms with Crippen LogP contribution in [0.15, 0.2) is 42.5 Å². The first-order valence-electron chi connectivity index (χ1n) is 5.20. The summed E-state index contributed by atoms with van der Waals surface area (Å²) >= 11 is 0. The van der Waals surface area contributed by atoms with Crippen LogP contribution in [-0.2, 0) is 6.18 Å². The molecule has 2 aromatic rings. The molecule has 2 rings (SSSR count). The van der Waals surface area contributed by atoms with Crippen LogP contribution in [0.25, 0.3) is 11.1 Å². The molecule has 0 saturated heterocycles. The van der Waals surface area contributed by atoms with E-state index in [1.54, 1.807) is 6.07 Å². The maximum atomic E-state index is 12.9. The van der Waals surface area contributed by atoms with Crippen LogP contribution in [-0.4, -0.2) is 0 Å². The average molecular weight is 252 g/mol. The Bertz CT molecular complexity index is 556. The van der Waals surface area contributed by atoms with Crippen molar-refractivity contribution in [3.63, 3.8) is 0 Å². The summed E-state index contributed by atoms with van der Waals surface area (Å²) < 4.78 is 38.6. The minimum atomic E-state index is -4.41. The summed E-state index contributed by atoms with van der Waals surface area (Å²) in [4.78, 5) is 0. The smallest absolute Gasteiger partial charge is 0.399 e. The lowest BCUT2D eigenvalue weighted by molar-refractivity contribution is -0.137. The predicted octanol–water partition coefficient (Wildman–Crippen LogP) is 3.54. The summed E-state index contributed by atoms with van der Waals surface area (Å²) in [5.74, 6) is 0. The van der Waals surface area contributed by atoms with E-state index in [2.05, 4.69) is 0 Å². The highest BCUT2D eigenvalue weighted by atomic mass is 19.4. The van der Waals surface area contributed by atoms with Gasteiger partial charge in [0.2, 0.25) is 0 Å². The third kappa shape index (κ3) is 2.40. The molecule has 18 heavy (non-hydrogen) atoms. The van der Waals surface area contributed by atoms with Crippen molar-refractivity contribution in [2.24, 2.45) is 0 Å². The van der Waals surface area contributed by atoms with Crippen LogP contribution in [0.3, 0.4) is 0 Å². The molecule has 0 amide bonds. The SMILES string of the molecule is Nc1cc(N)cc(-c2ccccc2C(F)(F)F)c1. The van der Waals surface area contributed by atoms with Gasteiger partial charge in [-0.2, -0.15) is 13.2 Å². The monoisotopic (exact) mass is 252 g/mol. The minimum Gasteiger partial charge on any atom is -0.399 e. The second-order valence-corrected chi connectivity index (χ2v) is 3.93. The topological polar surface area (TPSA) is 52.0 Å². The van der Waals surface area contributed by atoms with Gasteiger partial charge in [0.05, 0.1) is 5.56 Å². The van der Waals surface area contributed by atoms with Gasteiger partial charge in [-0.3, -0.25) is 0 Å². The average Bonchev–Trinajstić information content (AvgIpc) is 2.26. The standard InChI is InChI=1S/C13H11F3N2/c14-13(15,16)12-4-2-1-3-11(12)8-5-9(17)7-10(18)6-8/h1-7H,17-18H2. The van der Waals surface area contributed by atoms with Crippen LogP contribution in [0.5, 0.6) is 0 Å². The Hall–Kier alpha value is -2.17. The Labute approximate surface area is 102 Å². The Morgan fingerprint density at radius 1 is 0.833 bits per heavy atom. The fourth-order valence-electron chi connectivity index (χ4n) is 1.81. The second-order valence-electron chi connectivity index (χ2n) is 3.93. The van der Waals surface area contributed by atoms with Crippen LogP contribution in [0.1, 0.15) is 5.56 Å². The van der Waals surface area contributed by atoms with Crippen LogP contribution < -0.4 is 11.5 Å². The normalized spacial score (nSPS) is 11.5. The Morgan fingerprint density at radius 2 is 1.39 bits per heavy atom. The third-order valence-electron chi connectivity index (χ3n) is 2.52. The minimum absolute atomic E-state index is 0.0731. The molecule has 5 heteroatoms. The van der Waals surface area contributed by atoms with Gasteiger partial charge in [-0.15, -0.1) is 0 Å². The lowest BCUT2D eigenvalue weighted by atomic mass is 9.98. The van der Waals surface area contributed by atoms with Gasteiger partial charge < -0.3 is 11.5 Å². The first kappa shape index (κ1) is 12.3. The fraction of sp³-hybridized carbons (Fsp3) is 0.0769. The van der Waals surface area contributed by atoms with Crippen molar-refractivity contribution in [3.05, 3.63) is 48.0 Å². The van der Waals surface area contributed by atoms with Crippen molar-refractivity contribution < 1.29 is 13.2 Å². The molecule has 0 aliphatic rings. The van der Waals surface area contributed by atoms with Gasteiger partial charge >= 0.3 is 6.18 Å². The lowest BCUT2D eigenvalue weighted by Gasteiger charge is -2.13. The van der Waals surface area contributed by atoms with E-state index in [0.29, 0.717) is 16.9 Å². The van der Waals surface area contributed by atoms with Gasteiger partial charge in [0, 0.05) is 11.4 Å². The first-order chi connectivity index (χ1) is 8.38. The van der Waals surface area contributed by atoms with E-state index >= 15 is 0 Å². The third-order valence-corrected chi connectivity index (χ3v) is 2.52. The molecule has 0 spiro atoms. The number of nitrogen functional groups attached to an aromatic ring is 2. The molecule has 4 N–H and O–H groups in total. The summed E-state index contributed by atoms with van der Waals surface area (Å²) in [6.45, 7) is 0. The van der Waals surface area contributed by atoms with Gasteiger partial charge in [0.1, 0.15) is 0 Å². The van der Waals surface area contributed by atoms with Crippen molar-refractivity contribution in [2.45, 2.75) is 6.18 Å². The number of nitrogens with two attached hydrogens (primary N) is 2. The molecule has 0 atom stereocenters. The maximum Gasteiger partial charge on any atom is 0.417 e. The number of halogens is 3. The van der Waals surface area contributed by atoms with Gasteiger partial charge in [0.25, 0.3) is 0 Å². The largest absolute Gasteiger partial charge is 0.417 e. The summed E-state index contributed by atoms with van der Waals surface area (Å²) in [5, 5.41) is 0. The molecule has 94 valence electrons. The van der Waals surface area contributed by atoms with Crippen LogP contribution in [0.4, 0.5) is 24.5 Å². The zero-order chi connectivity index (χ0) is 13.3. The maximum absolute atomic E-state index is 12.9. The zero-order valence-electron chi connectivity index (χ0n) is 9.33. The number of benzene rings is 2. The van der Waals surface area contributed by atoms with Gasteiger partial charge in [-0.1, -0.05) is 18.2 Å². The predicted molar refractivity (Wildman–Crippen MR) is 65.7 cm³/mol. The molecule has 0 radical (unpaired) electrons. The van der Waals surface area contributed by atoms with E-state index in [4.69, 9.17) is 11.5 Å². The first-order valence-corrected chi connectivity index (χ1v) is 5.20. The summed E-state index contributed by atoms with van der Waals surface area (Å²) in [5.41, 5.74) is 11.6. The number of alkyl halides is 3. The van der Waals surface area contributed by atoms with Crippen molar-refractivity contribution in [2.75, 3.05) is 11.5 Å². The highest BCUT2D eigenvalue weighted by molar-refractivity contribution is 5.74. The molecular weight excluding hydrogens is 241 g/mol. The molecule has 2 aromatic carbocycles. The second kappa shape index (κ2) is 4.25.